The van der Waals surface area contributed by atoms with Gasteiger partial charge in [0.1, 0.15) is 10.7 Å². The Morgan fingerprint density at radius 3 is 2.43 bits per heavy atom. The summed E-state index contributed by atoms with van der Waals surface area (Å²) in [5.74, 6) is -0.761. The van der Waals surface area contributed by atoms with E-state index in [-0.39, 0.29) is 34.4 Å². The first-order valence-corrected chi connectivity index (χ1v) is 11.6. The number of rotatable bonds is 8. The van der Waals surface area contributed by atoms with Crippen LogP contribution in [0.4, 0.5) is 0 Å². The zero-order valence-electron chi connectivity index (χ0n) is 16.2. The Morgan fingerprint density at radius 1 is 1.07 bits per heavy atom. The lowest BCUT2D eigenvalue weighted by Crippen LogP contribution is -2.13. The van der Waals surface area contributed by atoms with Crippen molar-refractivity contribution in [1.82, 2.24) is 9.78 Å². The number of benzene rings is 2. The highest BCUT2D eigenvalue weighted by Gasteiger charge is 2.22. The maximum absolute atomic E-state index is 12.5. The number of aromatic nitrogens is 2. The first-order chi connectivity index (χ1) is 14.3. The molecule has 3 aromatic rings. The molecule has 0 saturated heterocycles. The molecule has 0 saturated carbocycles. The van der Waals surface area contributed by atoms with Gasteiger partial charge in [-0.05, 0) is 37.1 Å². The van der Waals surface area contributed by atoms with Crippen LogP contribution in [0.2, 0.25) is 10.2 Å². The third kappa shape index (κ3) is 5.22. The van der Waals surface area contributed by atoms with Gasteiger partial charge in [0.25, 0.3) is 0 Å². The zero-order valence-corrected chi connectivity index (χ0v) is 18.5. The van der Waals surface area contributed by atoms with Crippen LogP contribution in [0.25, 0.3) is 0 Å². The molecule has 158 valence electrons. The number of carbonyl (C=O) groups is 1. The Bertz CT molecular complexity index is 1150. The van der Waals surface area contributed by atoms with Gasteiger partial charge in [0.05, 0.1) is 29.5 Å². The van der Waals surface area contributed by atoms with Crippen LogP contribution < -0.4 is 0 Å². The summed E-state index contributed by atoms with van der Waals surface area (Å²) in [4.78, 5) is 12.7. The fourth-order valence-electron chi connectivity index (χ4n) is 2.91. The molecule has 3 rings (SSSR count). The summed E-state index contributed by atoms with van der Waals surface area (Å²) in [5.41, 5.74) is 1.40. The molecule has 9 heteroatoms. The van der Waals surface area contributed by atoms with Gasteiger partial charge >= 0.3 is 5.97 Å². The molecule has 0 bridgehead atoms. The average molecular weight is 467 g/mol. The number of esters is 1. The van der Waals surface area contributed by atoms with Gasteiger partial charge in [-0.1, -0.05) is 59.6 Å². The standard InChI is InChI=1S/C21H20Cl2N2O4S/c1-15-19(20(23)25(24-15)14-16-8-5-6-11-18(16)22)21(26)29-12-7-13-30(27,28)17-9-3-2-4-10-17/h2-6,8-11H,7,12-14H2,1H3. The fourth-order valence-corrected chi connectivity index (χ4v) is 4.72. The predicted molar refractivity (Wildman–Crippen MR) is 116 cm³/mol. The van der Waals surface area contributed by atoms with Crippen LogP contribution in [0.5, 0.6) is 0 Å². The summed E-state index contributed by atoms with van der Waals surface area (Å²) in [7, 11) is -3.42. The number of hydrogen-bond donors (Lipinski definition) is 0. The van der Waals surface area contributed by atoms with Gasteiger partial charge in [0.2, 0.25) is 0 Å². The molecule has 0 fully saturated rings. The summed E-state index contributed by atoms with van der Waals surface area (Å²) in [5, 5.41) is 5.03. The number of nitrogens with zero attached hydrogens (tertiary/aromatic N) is 2. The molecule has 6 nitrogen and oxygen atoms in total. The first-order valence-electron chi connectivity index (χ1n) is 9.21. The van der Waals surface area contributed by atoms with E-state index < -0.39 is 15.8 Å². The van der Waals surface area contributed by atoms with Gasteiger partial charge in [-0.25, -0.2) is 17.9 Å². The van der Waals surface area contributed by atoms with E-state index in [1.165, 1.54) is 16.8 Å². The van der Waals surface area contributed by atoms with Crippen molar-refractivity contribution in [2.75, 3.05) is 12.4 Å². The lowest BCUT2D eigenvalue weighted by molar-refractivity contribution is 0.0505. The largest absolute Gasteiger partial charge is 0.462 e. The first kappa shape index (κ1) is 22.3. The molecule has 0 spiro atoms. The van der Waals surface area contributed by atoms with Crippen LogP contribution in [0, 0.1) is 6.92 Å². The third-order valence-electron chi connectivity index (χ3n) is 4.44. The Kier molecular flexibility index (Phi) is 7.18. The van der Waals surface area contributed by atoms with Crippen LogP contribution >= 0.6 is 23.2 Å². The second-order valence-corrected chi connectivity index (χ2v) is 9.50. The third-order valence-corrected chi connectivity index (χ3v) is 7.01. The second-order valence-electron chi connectivity index (χ2n) is 6.62. The van der Waals surface area contributed by atoms with Gasteiger partial charge in [-0.15, -0.1) is 0 Å². The van der Waals surface area contributed by atoms with Gasteiger partial charge in [0.15, 0.2) is 9.84 Å². The number of hydrogen-bond acceptors (Lipinski definition) is 5. The number of sulfone groups is 1. The monoisotopic (exact) mass is 466 g/mol. The quantitative estimate of drug-likeness (QED) is 0.358. The summed E-state index contributed by atoms with van der Waals surface area (Å²) in [6, 6.07) is 15.4. The van der Waals surface area contributed by atoms with Crippen molar-refractivity contribution in [3.63, 3.8) is 0 Å². The van der Waals surface area contributed by atoms with Crippen LogP contribution in [0.3, 0.4) is 0 Å². The van der Waals surface area contributed by atoms with Gasteiger partial charge in [-0.2, -0.15) is 5.10 Å². The molecular formula is C21H20Cl2N2O4S. The van der Waals surface area contributed by atoms with Gasteiger partial charge < -0.3 is 4.74 Å². The molecule has 1 heterocycles. The van der Waals surface area contributed by atoms with E-state index in [0.29, 0.717) is 17.3 Å². The smallest absolute Gasteiger partial charge is 0.343 e. The SMILES string of the molecule is Cc1nn(Cc2ccccc2Cl)c(Cl)c1C(=O)OCCCS(=O)(=O)c1ccccc1. The van der Waals surface area contributed by atoms with Crippen molar-refractivity contribution in [1.29, 1.82) is 0 Å². The van der Waals surface area contributed by atoms with Gasteiger partial charge in [-0.3, -0.25) is 0 Å². The minimum absolute atomic E-state index is 0.0453. The van der Waals surface area contributed by atoms with Crippen LogP contribution in [-0.4, -0.2) is 36.5 Å². The Hall–Kier alpha value is -2.35. The van der Waals surface area contributed by atoms with E-state index in [4.69, 9.17) is 27.9 Å². The van der Waals surface area contributed by atoms with Crippen LogP contribution in [-0.2, 0) is 21.1 Å². The molecule has 0 N–H and O–H groups in total. The number of aryl methyl sites for hydroxylation is 1. The minimum Gasteiger partial charge on any atom is -0.462 e. The molecular weight excluding hydrogens is 447 g/mol. The van der Waals surface area contributed by atoms with E-state index in [9.17, 15) is 13.2 Å². The van der Waals surface area contributed by atoms with Crippen LogP contribution in [0.1, 0.15) is 28.0 Å². The minimum atomic E-state index is -3.42. The lowest BCUT2D eigenvalue weighted by atomic mass is 10.2. The van der Waals surface area contributed by atoms with E-state index in [1.807, 2.05) is 18.2 Å². The zero-order chi connectivity index (χ0) is 21.7. The maximum Gasteiger partial charge on any atom is 0.343 e. The summed E-state index contributed by atoms with van der Waals surface area (Å²) >= 11 is 12.5. The molecule has 1 aromatic heterocycles. The number of carbonyl (C=O) groups excluding carboxylic acids is 1. The van der Waals surface area contributed by atoms with E-state index >= 15 is 0 Å². The predicted octanol–water partition coefficient (Wildman–Crippen LogP) is 4.57. The molecule has 0 aliphatic heterocycles. The van der Waals surface area contributed by atoms with Crippen molar-refractivity contribution < 1.29 is 17.9 Å². The summed E-state index contributed by atoms with van der Waals surface area (Å²) in [6.45, 7) is 1.92. The molecule has 0 unspecified atom stereocenters. The maximum atomic E-state index is 12.5. The van der Waals surface area contributed by atoms with Gasteiger partial charge in [0, 0.05) is 5.02 Å². The molecule has 0 aliphatic rings. The van der Waals surface area contributed by atoms with Crippen LogP contribution in [0.15, 0.2) is 59.5 Å². The topological polar surface area (TPSA) is 78.3 Å². The van der Waals surface area contributed by atoms with Crippen molar-refractivity contribution >= 4 is 39.0 Å². The Morgan fingerprint density at radius 2 is 1.73 bits per heavy atom. The van der Waals surface area contributed by atoms with Crippen molar-refractivity contribution in [3.05, 3.63) is 81.6 Å². The number of halogens is 2. The molecule has 0 radical (unpaired) electrons. The molecule has 2 aromatic carbocycles. The summed E-state index contributed by atoms with van der Waals surface area (Å²) in [6.07, 6.45) is 0.174. The fraction of sp³-hybridized carbons (Fsp3) is 0.238. The summed E-state index contributed by atoms with van der Waals surface area (Å²) < 4.78 is 31.3. The highest BCUT2D eigenvalue weighted by molar-refractivity contribution is 7.91. The molecule has 0 atom stereocenters. The highest BCUT2D eigenvalue weighted by atomic mass is 35.5. The highest BCUT2D eigenvalue weighted by Crippen LogP contribution is 2.24. The Labute approximate surface area is 185 Å². The molecule has 0 aliphatic carbocycles. The number of ether oxygens (including phenoxy) is 1. The normalized spacial score (nSPS) is 11.4. The van der Waals surface area contributed by atoms with Crippen molar-refractivity contribution in [2.45, 2.75) is 24.8 Å². The van der Waals surface area contributed by atoms with Crippen molar-refractivity contribution in [3.8, 4) is 0 Å². The average Bonchev–Trinajstić information content (AvgIpc) is 3.00. The van der Waals surface area contributed by atoms with E-state index in [2.05, 4.69) is 5.10 Å². The van der Waals surface area contributed by atoms with E-state index in [0.717, 1.165) is 5.56 Å². The lowest BCUT2D eigenvalue weighted by Gasteiger charge is -2.07. The second kappa shape index (κ2) is 9.64. The van der Waals surface area contributed by atoms with E-state index in [1.54, 1.807) is 31.2 Å². The molecule has 0 amide bonds. The molecule has 30 heavy (non-hydrogen) atoms. The van der Waals surface area contributed by atoms with Crippen molar-refractivity contribution in [2.24, 2.45) is 0 Å². The Balaban J connectivity index is 1.61.